The number of aliphatic hydroxyl groups is 1. The van der Waals surface area contributed by atoms with Gasteiger partial charge in [-0.2, -0.15) is 0 Å². The molecule has 5 heteroatoms. The van der Waals surface area contributed by atoms with Gasteiger partial charge in [-0.3, -0.25) is 0 Å². The second kappa shape index (κ2) is 6.39. The molecule has 1 radical (unpaired) electrons. The smallest absolute Gasteiger partial charge is 0.334 e. The maximum Gasteiger partial charge on any atom is 0.334 e. The number of para-hydroxylation sites is 1. The van der Waals surface area contributed by atoms with Crippen LogP contribution in [-0.4, -0.2) is 37.1 Å². The summed E-state index contributed by atoms with van der Waals surface area (Å²) >= 11 is 0. The lowest BCUT2D eigenvalue weighted by atomic mass is 9.82. The fourth-order valence-electron chi connectivity index (χ4n) is 1.21. The lowest BCUT2D eigenvalue weighted by Gasteiger charge is -2.37. The Kier molecular flexibility index (Phi) is 5.38. The first-order valence-corrected chi connectivity index (χ1v) is 6.29. The minimum Gasteiger partial charge on any atom is -0.491 e. The van der Waals surface area contributed by atoms with Gasteiger partial charge in [-0.05, 0) is 39.2 Å². The highest BCUT2D eigenvalue weighted by molar-refractivity contribution is 6.48. The van der Waals surface area contributed by atoms with Gasteiger partial charge in [0.15, 0.2) is 0 Å². The number of alkyl halides is 1. The SMILES string of the molecule is CC(C)(O)C(C)(C)O[B]c1ccccc1OCCF. The third-order valence-electron chi connectivity index (χ3n) is 3.21. The third kappa shape index (κ3) is 4.51. The number of ether oxygens (including phenoxy) is 1. The molecule has 0 aliphatic carbocycles. The zero-order valence-corrected chi connectivity index (χ0v) is 11.9. The first kappa shape index (κ1) is 16.0. The van der Waals surface area contributed by atoms with Crippen LogP contribution in [0.25, 0.3) is 0 Å². The van der Waals surface area contributed by atoms with Crippen LogP contribution in [0.15, 0.2) is 24.3 Å². The van der Waals surface area contributed by atoms with Crippen molar-refractivity contribution in [2.75, 3.05) is 13.3 Å². The molecular formula is C14H21BFO3. The van der Waals surface area contributed by atoms with Crippen molar-refractivity contribution >= 4 is 12.9 Å². The lowest BCUT2D eigenvalue weighted by molar-refractivity contribution is -0.0893. The van der Waals surface area contributed by atoms with Crippen LogP contribution in [0.2, 0.25) is 0 Å². The Hall–Kier alpha value is -1.07. The van der Waals surface area contributed by atoms with Crippen molar-refractivity contribution < 1.29 is 18.9 Å². The van der Waals surface area contributed by atoms with Gasteiger partial charge in [0.1, 0.15) is 19.0 Å². The molecule has 0 spiro atoms. The van der Waals surface area contributed by atoms with E-state index in [-0.39, 0.29) is 6.61 Å². The van der Waals surface area contributed by atoms with Crippen molar-refractivity contribution in [2.24, 2.45) is 0 Å². The molecule has 0 heterocycles. The summed E-state index contributed by atoms with van der Waals surface area (Å²) in [6, 6.07) is 7.22. The number of halogens is 1. The predicted molar refractivity (Wildman–Crippen MR) is 74.8 cm³/mol. The minimum atomic E-state index is -0.988. The Morgan fingerprint density at radius 3 is 2.42 bits per heavy atom. The zero-order valence-electron chi connectivity index (χ0n) is 11.9. The van der Waals surface area contributed by atoms with Gasteiger partial charge in [-0.1, -0.05) is 18.2 Å². The molecular weight excluding hydrogens is 246 g/mol. The Morgan fingerprint density at radius 2 is 1.84 bits per heavy atom. The van der Waals surface area contributed by atoms with Crippen LogP contribution in [-0.2, 0) is 4.65 Å². The van der Waals surface area contributed by atoms with Crippen LogP contribution in [0.3, 0.4) is 0 Å². The van der Waals surface area contributed by atoms with E-state index in [1.54, 1.807) is 33.8 Å². The number of hydrogen-bond acceptors (Lipinski definition) is 3. The molecule has 1 rings (SSSR count). The van der Waals surface area contributed by atoms with Gasteiger partial charge < -0.3 is 14.5 Å². The molecule has 1 aromatic carbocycles. The predicted octanol–water partition coefficient (Wildman–Crippen LogP) is 1.85. The Bertz CT molecular complexity index is 402. The molecule has 0 atom stereocenters. The van der Waals surface area contributed by atoms with Crippen LogP contribution < -0.4 is 10.2 Å². The van der Waals surface area contributed by atoms with Gasteiger partial charge in [-0.25, -0.2) is 4.39 Å². The summed E-state index contributed by atoms with van der Waals surface area (Å²) in [6.07, 6.45) is 0. The molecule has 0 unspecified atom stereocenters. The normalized spacial score (nSPS) is 12.3. The van der Waals surface area contributed by atoms with E-state index < -0.39 is 17.9 Å². The van der Waals surface area contributed by atoms with E-state index >= 15 is 0 Å². The average molecular weight is 267 g/mol. The summed E-state index contributed by atoms with van der Waals surface area (Å²) in [4.78, 5) is 0. The monoisotopic (exact) mass is 267 g/mol. The lowest BCUT2D eigenvalue weighted by Crippen LogP contribution is -2.49. The van der Waals surface area contributed by atoms with Crippen LogP contribution in [0.5, 0.6) is 5.75 Å². The zero-order chi connectivity index (χ0) is 14.5. The van der Waals surface area contributed by atoms with Crippen LogP contribution in [0.4, 0.5) is 4.39 Å². The van der Waals surface area contributed by atoms with Crippen molar-refractivity contribution in [1.82, 2.24) is 0 Å². The Labute approximate surface area is 115 Å². The van der Waals surface area contributed by atoms with Gasteiger partial charge in [0.2, 0.25) is 0 Å². The molecule has 0 aromatic heterocycles. The van der Waals surface area contributed by atoms with Crippen LogP contribution >= 0.6 is 0 Å². The van der Waals surface area contributed by atoms with Crippen molar-refractivity contribution in [2.45, 2.75) is 38.9 Å². The molecule has 0 aliphatic rings. The molecule has 105 valence electrons. The summed E-state index contributed by atoms with van der Waals surface area (Å²) in [5.41, 5.74) is -1.02. The second-order valence-electron chi connectivity index (χ2n) is 5.38. The van der Waals surface area contributed by atoms with E-state index in [9.17, 15) is 9.50 Å². The largest absolute Gasteiger partial charge is 0.491 e. The summed E-state index contributed by atoms with van der Waals surface area (Å²) < 4.78 is 23.1. The van der Waals surface area contributed by atoms with Crippen LogP contribution in [0, 0.1) is 0 Å². The van der Waals surface area contributed by atoms with Gasteiger partial charge in [0.25, 0.3) is 0 Å². The minimum absolute atomic E-state index is 0.0136. The Morgan fingerprint density at radius 1 is 1.21 bits per heavy atom. The maximum absolute atomic E-state index is 12.1. The fourth-order valence-corrected chi connectivity index (χ4v) is 1.21. The molecule has 0 aliphatic heterocycles. The van der Waals surface area contributed by atoms with E-state index in [2.05, 4.69) is 0 Å². The molecule has 0 bridgehead atoms. The Balaban J connectivity index is 2.72. The highest BCUT2D eigenvalue weighted by Gasteiger charge is 2.35. The average Bonchev–Trinajstić information content (AvgIpc) is 2.33. The molecule has 0 saturated carbocycles. The summed E-state index contributed by atoms with van der Waals surface area (Å²) in [5.74, 6) is 0.562. The molecule has 0 saturated heterocycles. The molecule has 1 N–H and O–H groups in total. The number of rotatable bonds is 7. The number of benzene rings is 1. The molecule has 0 fully saturated rings. The molecule has 3 nitrogen and oxygen atoms in total. The third-order valence-corrected chi connectivity index (χ3v) is 3.21. The summed E-state index contributed by atoms with van der Waals surface area (Å²) in [5, 5.41) is 10.0. The van der Waals surface area contributed by atoms with Gasteiger partial charge in [0, 0.05) is 0 Å². The van der Waals surface area contributed by atoms with Crippen molar-refractivity contribution in [3.05, 3.63) is 24.3 Å². The van der Waals surface area contributed by atoms with Crippen molar-refractivity contribution in [1.29, 1.82) is 0 Å². The van der Waals surface area contributed by atoms with E-state index in [0.29, 0.717) is 11.2 Å². The second-order valence-corrected chi connectivity index (χ2v) is 5.38. The maximum atomic E-state index is 12.1. The van der Waals surface area contributed by atoms with Crippen molar-refractivity contribution in [3.8, 4) is 5.75 Å². The highest BCUT2D eigenvalue weighted by atomic mass is 19.1. The standard InChI is InChI=1S/C14H21BFO3/c1-13(2,17)14(3,4)19-15-11-7-5-6-8-12(11)18-10-9-16/h5-8,17H,9-10H2,1-4H3. The highest BCUT2D eigenvalue weighted by Crippen LogP contribution is 2.24. The molecule has 0 amide bonds. The van der Waals surface area contributed by atoms with E-state index in [1.807, 2.05) is 18.2 Å². The summed E-state index contributed by atoms with van der Waals surface area (Å²) in [6.45, 7) is 6.45. The first-order chi connectivity index (χ1) is 8.78. The van der Waals surface area contributed by atoms with E-state index in [1.165, 1.54) is 7.48 Å². The van der Waals surface area contributed by atoms with Crippen molar-refractivity contribution in [3.63, 3.8) is 0 Å². The van der Waals surface area contributed by atoms with E-state index in [4.69, 9.17) is 9.39 Å². The topological polar surface area (TPSA) is 38.7 Å². The molecule has 19 heavy (non-hydrogen) atoms. The first-order valence-electron chi connectivity index (χ1n) is 6.29. The van der Waals surface area contributed by atoms with Gasteiger partial charge in [-0.15, -0.1) is 0 Å². The number of hydrogen-bond donors (Lipinski definition) is 1. The quantitative estimate of drug-likeness (QED) is 0.766. The van der Waals surface area contributed by atoms with E-state index in [0.717, 1.165) is 0 Å². The summed E-state index contributed by atoms with van der Waals surface area (Å²) in [7, 11) is 1.53. The van der Waals surface area contributed by atoms with Gasteiger partial charge >= 0.3 is 7.48 Å². The fraction of sp³-hybridized carbons (Fsp3) is 0.571. The van der Waals surface area contributed by atoms with Crippen LogP contribution in [0.1, 0.15) is 27.7 Å². The molecule has 1 aromatic rings. The van der Waals surface area contributed by atoms with Gasteiger partial charge in [0.05, 0.1) is 11.2 Å².